The summed E-state index contributed by atoms with van der Waals surface area (Å²) in [6.45, 7) is 4.88. The number of aliphatic hydroxyl groups is 1. The second kappa shape index (κ2) is 8.22. The quantitative estimate of drug-likeness (QED) is 0.258. The number of aryl methyl sites for hydroxylation is 1. The van der Waals surface area contributed by atoms with Crippen molar-refractivity contribution in [3.05, 3.63) is 106 Å². The first kappa shape index (κ1) is 24.6. The zero-order valence-corrected chi connectivity index (χ0v) is 24.5. The molecule has 5 aromatic rings. The van der Waals surface area contributed by atoms with Gasteiger partial charge in [0.2, 0.25) is 0 Å². The van der Waals surface area contributed by atoms with Crippen molar-refractivity contribution in [3.63, 3.8) is 0 Å². The summed E-state index contributed by atoms with van der Waals surface area (Å²) in [4.78, 5) is 2.61. The largest absolute Gasteiger partial charge is 0.504 e. The molecule has 0 unspecified atom stereocenters. The van der Waals surface area contributed by atoms with Crippen LogP contribution in [0.15, 0.2) is 72.8 Å². The number of phenolic OH excluding ortho intramolecular Hbond substituents is 1. The zero-order chi connectivity index (χ0) is 28.7. The average molecular weight is 569 g/mol. The highest BCUT2D eigenvalue weighted by Crippen LogP contribution is 2.69. The minimum Gasteiger partial charge on any atom is -0.504 e. The standard InChI is InChI=1S/C38H36N2O3/c1-22-6-8-24(9-7-22)21-40-33-27-5-3-2-4-25(27)12-14-28(33)29-19-38(42)31-18-26-13-15-30(41)35-32(26)37(38,36(43-35)34(29)40)16-17-39(31)20-23-10-11-23/h2-9,12-15,23,31,36,41-42H,10-11,16-21H2,1H3/t31-,36+,37+,38-/m1/s1. The molecule has 3 aliphatic carbocycles. The molecule has 216 valence electrons. The third kappa shape index (κ3) is 3.05. The summed E-state index contributed by atoms with van der Waals surface area (Å²) in [5.74, 6) is 1.55. The summed E-state index contributed by atoms with van der Waals surface area (Å²) in [7, 11) is 0. The molecule has 0 radical (unpaired) electrons. The molecule has 43 heavy (non-hydrogen) atoms. The number of piperidine rings is 1. The summed E-state index contributed by atoms with van der Waals surface area (Å²) in [6.07, 6.45) is 4.45. The molecule has 1 saturated heterocycles. The van der Waals surface area contributed by atoms with Crippen LogP contribution in [0.3, 0.4) is 0 Å². The maximum atomic E-state index is 13.3. The number of hydrogen-bond donors (Lipinski definition) is 2. The molecule has 2 bridgehead atoms. The minimum atomic E-state index is -0.988. The zero-order valence-electron chi connectivity index (χ0n) is 24.5. The lowest BCUT2D eigenvalue weighted by Crippen LogP contribution is -2.74. The van der Waals surface area contributed by atoms with Gasteiger partial charge in [-0.1, -0.05) is 72.3 Å². The van der Waals surface area contributed by atoms with E-state index >= 15 is 0 Å². The molecule has 2 aliphatic heterocycles. The molecule has 5 heteroatoms. The molecule has 5 nitrogen and oxygen atoms in total. The Balaban J connectivity index is 1.28. The third-order valence-corrected chi connectivity index (χ3v) is 11.8. The molecule has 4 aromatic carbocycles. The fraction of sp³-hybridized carbons (Fsp3) is 0.368. The van der Waals surface area contributed by atoms with Crippen LogP contribution in [0, 0.1) is 12.8 Å². The smallest absolute Gasteiger partial charge is 0.166 e. The highest BCUT2D eigenvalue weighted by molar-refractivity contribution is 6.08. The Kier molecular flexibility index (Phi) is 4.71. The number of benzene rings is 4. The second-order valence-electron chi connectivity index (χ2n) is 14.0. The second-order valence-corrected chi connectivity index (χ2v) is 14.0. The molecular weight excluding hydrogens is 532 g/mol. The lowest BCUT2D eigenvalue weighted by molar-refractivity contribution is -0.173. The highest BCUT2D eigenvalue weighted by Gasteiger charge is 2.73. The first-order chi connectivity index (χ1) is 21.0. The predicted octanol–water partition coefficient (Wildman–Crippen LogP) is 6.56. The number of aromatic nitrogens is 1. The average Bonchev–Trinajstić information content (AvgIpc) is 3.68. The van der Waals surface area contributed by atoms with Gasteiger partial charge in [-0.05, 0) is 73.2 Å². The van der Waals surface area contributed by atoms with Crippen molar-refractivity contribution in [1.82, 2.24) is 9.47 Å². The molecule has 2 fully saturated rings. The molecule has 1 spiro atoms. The first-order valence-corrected chi connectivity index (χ1v) is 16.0. The van der Waals surface area contributed by atoms with Crippen LogP contribution in [-0.4, -0.2) is 44.4 Å². The Morgan fingerprint density at radius 2 is 1.79 bits per heavy atom. The Morgan fingerprint density at radius 1 is 0.953 bits per heavy atom. The van der Waals surface area contributed by atoms with Crippen molar-refractivity contribution in [2.45, 2.75) is 68.7 Å². The van der Waals surface area contributed by atoms with Gasteiger partial charge in [-0.3, -0.25) is 4.90 Å². The van der Waals surface area contributed by atoms with Crippen LogP contribution in [0.4, 0.5) is 0 Å². The van der Waals surface area contributed by atoms with Crippen molar-refractivity contribution < 1.29 is 14.9 Å². The van der Waals surface area contributed by atoms with E-state index in [1.54, 1.807) is 0 Å². The number of hydrogen-bond acceptors (Lipinski definition) is 4. The van der Waals surface area contributed by atoms with Gasteiger partial charge in [0.1, 0.15) is 0 Å². The van der Waals surface area contributed by atoms with Crippen LogP contribution in [0.25, 0.3) is 21.7 Å². The fourth-order valence-corrected chi connectivity index (χ4v) is 9.66. The Hall–Kier alpha value is -3.80. The van der Waals surface area contributed by atoms with Crippen molar-refractivity contribution in [1.29, 1.82) is 0 Å². The summed E-state index contributed by atoms with van der Waals surface area (Å²) >= 11 is 0. The van der Waals surface area contributed by atoms with Crippen LogP contribution in [0.5, 0.6) is 11.5 Å². The number of likely N-dealkylation sites (tertiary alicyclic amines) is 1. The van der Waals surface area contributed by atoms with Gasteiger partial charge < -0.3 is 19.5 Å². The predicted molar refractivity (Wildman–Crippen MR) is 168 cm³/mol. The Morgan fingerprint density at radius 3 is 2.63 bits per heavy atom. The van der Waals surface area contributed by atoms with E-state index in [0.29, 0.717) is 12.2 Å². The van der Waals surface area contributed by atoms with Gasteiger partial charge in [-0.25, -0.2) is 0 Å². The van der Waals surface area contributed by atoms with Crippen LogP contribution in [-0.2, 0) is 24.8 Å². The number of fused-ring (bicyclic) bond motifs is 6. The molecule has 1 aromatic heterocycles. The maximum Gasteiger partial charge on any atom is 0.166 e. The summed E-state index contributed by atoms with van der Waals surface area (Å²) < 4.78 is 9.52. The molecule has 10 rings (SSSR count). The van der Waals surface area contributed by atoms with Gasteiger partial charge in [0.25, 0.3) is 0 Å². The van der Waals surface area contributed by atoms with Crippen LogP contribution in [0.2, 0.25) is 0 Å². The fourth-order valence-electron chi connectivity index (χ4n) is 9.66. The van der Waals surface area contributed by atoms with Crippen molar-refractivity contribution in [3.8, 4) is 11.5 Å². The lowest BCUT2D eigenvalue weighted by atomic mass is 9.49. The highest BCUT2D eigenvalue weighted by atomic mass is 16.5. The number of ether oxygens (including phenoxy) is 1. The van der Waals surface area contributed by atoms with E-state index in [1.165, 1.54) is 62.5 Å². The molecule has 4 atom stereocenters. The molecule has 3 heterocycles. The SMILES string of the molecule is Cc1ccc(Cn2c3c(c4ccc5ccccc5c42)C[C@@]2(O)[C@H]4Cc5ccc(O)c6c5[C@@]2(CCN4CC2CC2)[C@H]3O6)cc1. The lowest BCUT2D eigenvalue weighted by Gasteiger charge is -2.63. The number of aromatic hydroxyl groups is 1. The number of phenols is 1. The van der Waals surface area contributed by atoms with Gasteiger partial charge in [-0.15, -0.1) is 0 Å². The topological polar surface area (TPSA) is 57.9 Å². The molecule has 2 N–H and O–H groups in total. The van der Waals surface area contributed by atoms with E-state index in [4.69, 9.17) is 4.74 Å². The monoisotopic (exact) mass is 568 g/mol. The minimum absolute atomic E-state index is 0.0278. The van der Waals surface area contributed by atoms with Crippen LogP contribution < -0.4 is 4.74 Å². The Labute approximate surface area is 251 Å². The summed E-state index contributed by atoms with van der Waals surface area (Å²) in [5.41, 5.74) is 6.83. The molecule has 0 amide bonds. The molecular formula is C38H36N2O3. The Bertz CT molecular complexity index is 1990. The van der Waals surface area contributed by atoms with Crippen molar-refractivity contribution in [2.75, 3.05) is 13.1 Å². The van der Waals surface area contributed by atoms with Gasteiger partial charge in [-0.2, -0.15) is 0 Å². The molecule has 5 aliphatic rings. The van der Waals surface area contributed by atoms with Crippen molar-refractivity contribution >= 4 is 21.7 Å². The van der Waals surface area contributed by atoms with Gasteiger partial charge in [0, 0.05) is 41.9 Å². The summed E-state index contributed by atoms with van der Waals surface area (Å²) in [5, 5.41) is 28.2. The number of nitrogens with zero attached hydrogens (tertiary/aromatic N) is 2. The normalized spacial score (nSPS) is 28.6. The van der Waals surface area contributed by atoms with Gasteiger partial charge >= 0.3 is 0 Å². The van der Waals surface area contributed by atoms with E-state index in [1.807, 2.05) is 6.07 Å². The van der Waals surface area contributed by atoms with Crippen LogP contribution >= 0.6 is 0 Å². The third-order valence-electron chi connectivity index (χ3n) is 11.8. The molecule has 1 saturated carbocycles. The van der Waals surface area contributed by atoms with Gasteiger partial charge in [0.15, 0.2) is 17.6 Å². The van der Waals surface area contributed by atoms with E-state index in [-0.39, 0.29) is 17.9 Å². The van der Waals surface area contributed by atoms with Crippen LogP contribution in [0.1, 0.15) is 58.9 Å². The van der Waals surface area contributed by atoms with E-state index < -0.39 is 11.0 Å². The number of rotatable bonds is 4. The maximum absolute atomic E-state index is 13.3. The van der Waals surface area contributed by atoms with Crippen molar-refractivity contribution in [2.24, 2.45) is 5.92 Å². The summed E-state index contributed by atoms with van der Waals surface area (Å²) in [6, 6.07) is 26.0. The first-order valence-electron chi connectivity index (χ1n) is 16.0. The van der Waals surface area contributed by atoms with Gasteiger partial charge in [0.05, 0.1) is 22.2 Å². The van der Waals surface area contributed by atoms with E-state index in [0.717, 1.165) is 44.0 Å². The van der Waals surface area contributed by atoms with E-state index in [9.17, 15) is 10.2 Å². The van der Waals surface area contributed by atoms with E-state index in [2.05, 4.69) is 83.1 Å².